The molecule has 1 aromatic carbocycles. The van der Waals surface area contributed by atoms with E-state index in [0.29, 0.717) is 0 Å². The lowest BCUT2D eigenvalue weighted by atomic mass is 10.4. The van der Waals surface area contributed by atoms with Crippen molar-refractivity contribution in [2.45, 2.75) is 24.8 Å². The van der Waals surface area contributed by atoms with E-state index in [1.54, 1.807) is 19.9 Å². The molecule has 0 bridgehead atoms. The van der Waals surface area contributed by atoms with Crippen LogP contribution < -0.4 is 0 Å². The molecular formula is C11H16ClO6PS. The van der Waals surface area contributed by atoms with Crippen LogP contribution in [-0.2, 0) is 28.4 Å². The van der Waals surface area contributed by atoms with E-state index in [1.165, 1.54) is 24.9 Å². The van der Waals surface area contributed by atoms with Gasteiger partial charge in [-0.25, -0.2) is 4.89 Å². The Balaban J connectivity index is 2.74. The number of rotatable bonds is 7. The Labute approximate surface area is 123 Å². The average Bonchev–Trinajstić information content (AvgIpc) is 2.35. The van der Waals surface area contributed by atoms with Crippen LogP contribution in [0.25, 0.3) is 0 Å². The Morgan fingerprint density at radius 1 is 1.30 bits per heavy atom. The maximum atomic E-state index is 11.9. The number of hydrogen-bond acceptors (Lipinski definition) is 6. The summed E-state index contributed by atoms with van der Waals surface area (Å²) >= 11 is 5.78. The smallest absolute Gasteiger partial charge is 0.288 e. The summed E-state index contributed by atoms with van der Waals surface area (Å²) in [5.41, 5.74) is 0. The first-order valence-corrected chi connectivity index (χ1v) is 9.74. The van der Waals surface area contributed by atoms with Crippen LogP contribution in [0.5, 0.6) is 0 Å². The van der Waals surface area contributed by atoms with E-state index in [4.69, 9.17) is 20.7 Å². The monoisotopic (exact) mass is 342 g/mol. The Morgan fingerprint density at radius 2 is 1.90 bits per heavy atom. The topological polar surface area (TPSA) is 78.9 Å². The predicted molar refractivity (Wildman–Crippen MR) is 75.4 cm³/mol. The summed E-state index contributed by atoms with van der Waals surface area (Å²) in [7, 11) is -7.45. The normalized spacial score (nSPS) is 15.2. The second-order valence-electron chi connectivity index (χ2n) is 4.37. The van der Waals surface area contributed by atoms with Crippen molar-refractivity contribution in [3.63, 3.8) is 0 Å². The molecule has 0 aliphatic heterocycles. The van der Waals surface area contributed by atoms with Crippen molar-refractivity contribution in [2.24, 2.45) is 0 Å². The molecule has 0 aromatic heterocycles. The number of hydrogen-bond donors (Lipinski definition) is 0. The minimum absolute atomic E-state index is 0.0257. The van der Waals surface area contributed by atoms with E-state index in [0.717, 1.165) is 0 Å². The summed E-state index contributed by atoms with van der Waals surface area (Å²) < 4.78 is 45.1. The van der Waals surface area contributed by atoms with Gasteiger partial charge in [-0.1, -0.05) is 23.7 Å². The Kier molecular flexibility index (Phi) is 6.19. The maximum absolute atomic E-state index is 11.9. The zero-order chi connectivity index (χ0) is 15.4. The molecule has 0 heterocycles. The molecule has 0 fully saturated rings. The molecule has 0 amide bonds. The summed E-state index contributed by atoms with van der Waals surface area (Å²) in [5.74, 6) is 0. The Hall–Kier alpha value is -0.430. The molecule has 0 aliphatic carbocycles. The van der Waals surface area contributed by atoms with Gasteiger partial charge in [0.25, 0.3) is 17.5 Å². The molecule has 0 aliphatic rings. The third-order valence-corrected chi connectivity index (χ3v) is 4.88. The highest BCUT2D eigenvalue weighted by Gasteiger charge is 2.26. The molecular weight excluding hydrogens is 327 g/mol. The molecule has 1 aromatic rings. The highest BCUT2D eigenvalue weighted by molar-refractivity contribution is 7.87. The van der Waals surface area contributed by atoms with Gasteiger partial charge in [-0.15, -0.1) is 0 Å². The van der Waals surface area contributed by atoms with E-state index >= 15 is 0 Å². The molecule has 0 saturated carbocycles. The molecule has 6 nitrogen and oxygen atoms in total. The Bertz CT molecular complexity index is 601. The van der Waals surface area contributed by atoms with Crippen LogP contribution in [0.4, 0.5) is 0 Å². The van der Waals surface area contributed by atoms with Crippen molar-refractivity contribution in [1.82, 2.24) is 0 Å². The molecule has 0 radical (unpaired) electrons. The van der Waals surface area contributed by atoms with Gasteiger partial charge in [-0.2, -0.15) is 13.1 Å². The summed E-state index contributed by atoms with van der Waals surface area (Å²) in [5, 5.41) is 0.0257. The van der Waals surface area contributed by atoms with Crippen molar-refractivity contribution in [2.75, 3.05) is 13.0 Å². The molecule has 0 saturated heterocycles. The largest absolute Gasteiger partial charge is 0.298 e. The van der Waals surface area contributed by atoms with Gasteiger partial charge in [-0.05, 0) is 26.0 Å². The summed E-state index contributed by atoms with van der Waals surface area (Å²) in [6.07, 6.45) is -0.934. The summed E-state index contributed by atoms with van der Waals surface area (Å²) in [6.45, 7) is 4.58. The lowest BCUT2D eigenvalue weighted by molar-refractivity contribution is -0.234. The van der Waals surface area contributed by atoms with Gasteiger partial charge >= 0.3 is 0 Å². The number of halogens is 1. The van der Waals surface area contributed by atoms with Gasteiger partial charge in [0.15, 0.2) is 0 Å². The number of benzene rings is 1. The lowest BCUT2D eigenvalue weighted by Gasteiger charge is -2.14. The first kappa shape index (κ1) is 17.6. The van der Waals surface area contributed by atoms with E-state index < -0.39 is 23.8 Å². The molecule has 1 atom stereocenters. The van der Waals surface area contributed by atoms with Crippen LogP contribution >= 0.6 is 19.0 Å². The van der Waals surface area contributed by atoms with E-state index in [1.807, 2.05) is 0 Å². The van der Waals surface area contributed by atoms with Gasteiger partial charge in [0.2, 0.25) is 0 Å². The second kappa shape index (κ2) is 7.02. The minimum atomic E-state index is -4.10. The first-order chi connectivity index (χ1) is 9.14. The standard InChI is InChI=1S/C11H16ClO6PS/c1-9(2)17-18-19(3,13)8-16-20(14,15)11-7-5-4-6-10(11)12/h4-7,9H,8H2,1-3H3. The predicted octanol–water partition coefficient (Wildman–Crippen LogP) is 3.27. The maximum Gasteiger partial charge on any atom is 0.298 e. The Morgan fingerprint density at radius 3 is 2.45 bits per heavy atom. The molecule has 114 valence electrons. The molecule has 1 rings (SSSR count). The van der Waals surface area contributed by atoms with Gasteiger partial charge in [0.1, 0.15) is 11.2 Å². The van der Waals surface area contributed by atoms with Crippen LogP contribution in [0.2, 0.25) is 5.02 Å². The molecule has 9 heteroatoms. The van der Waals surface area contributed by atoms with Gasteiger partial charge in [-0.3, -0.25) is 8.75 Å². The van der Waals surface area contributed by atoms with E-state index in [9.17, 15) is 13.0 Å². The van der Waals surface area contributed by atoms with Crippen LogP contribution in [0, 0.1) is 0 Å². The summed E-state index contributed by atoms with van der Waals surface area (Å²) in [4.78, 5) is 4.55. The fourth-order valence-electron chi connectivity index (χ4n) is 1.07. The lowest BCUT2D eigenvalue weighted by Crippen LogP contribution is -2.10. The van der Waals surface area contributed by atoms with Crippen molar-refractivity contribution in [3.05, 3.63) is 29.3 Å². The third-order valence-electron chi connectivity index (χ3n) is 1.94. The van der Waals surface area contributed by atoms with E-state index in [-0.39, 0.29) is 16.0 Å². The van der Waals surface area contributed by atoms with Gasteiger partial charge in [0.05, 0.1) is 11.1 Å². The van der Waals surface area contributed by atoms with Crippen LogP contribution in [0.1, 0.15) is 13.8 Å². The SMILES string of the molecule is CC(C)OOP(C)(=O)COS(=O)(=O)c1ccccc1Cl. The fraction of sp³-hybridized carbons (Fsp3) is 0.455. The van der Waals surface area contributed by atoms with Crippen LogP contribution in [0.15, 0.2) is 29.2 Å². The van der Waals surface area contributed by atoms with Gasteiger partial charge < -0.3 is 0 Å². The van der Waals surface area contributed by atoms with E-state index in [2.05, 4.69) is 4.67 Å². The van der Waals surface area contributed by atoms with Crippen LogP contribution in [-0.4, -0.2) is 27.5 Å². The molecule has 20 heavy (non-hydrogen) atoms. The second-order valence-corrected chi connectivity index (χ2v) is 8.79. The average molecular weight is 343 g/mol. The van der Waals surface area contributed by atoms with Crippen molar-refractivity contribution in [3.8, 4) is 0 Å². The summed E-state index contributed by atoms with van der Waals surface area (Å²) in [6, 6.07) is 5.81. The van der Waals surface area contributed by atoms with Crippen molar-refractivity contribution in [1.29, 1.82) is 0 Å². The highest BCUT2D eigenvalue weighted by atomic mass is 35.5. The molecule has 1 unspecified atom stereocenters. The minimum Gasteiger partial charge on any atom is -0.288 e. The highest BCUT2D eigenvalue weighted by Crippen LogP contribution is 2.44. The zero-order valence-electron chi connectivity index (χ0n) is 11.3. The third kappa shape index (κ3) is 5.52. The van der Waals surface area contributed by atoms with Crippen molar-refractivity contribution >= 4 is 29.1 Å². The first-order valence-electron chi connectivity index (χ1n) is 5.69. The quantitative estimate of drug-likeness (QED) is 0.327. The van der Waals surface area contributed by atoms with Gasteiger partial charge in [0, 0.05) is 6.66 Å². The van der Waals surface area contributed by atoms with Crippen LogP contribution in [0.3, 0.4) is 0 Å². The molecule has 0 spiro atoms. The fourth-order valence-corrected chi connectivity index (χ4v) is 3.89. The molecule has 0 N–H and O–H groups in total. The van der Waals surface area contributed by atoms with Crippen molar-refractivity contribution < 1.29 is 26.7 Å². The zero-order valence-corrected chi connectivity index (χ0v) is 13.7.